The van der Waals surface area contributed by atoms with Crippen LogP contribution >= 0.6 is 0 Å². The molecule has 0 spiro atoms. The Hall–Kier alpha value is -1.44. The number of carboxylic acids is 2. The SMILES string of the molecule is CCC(=O)[O-].CCC(=O)[O-].Oc1ccc([Te][Te+2]c2ccc(O)cc2)cc1. The van der Waals surface area contributed by atoms with Crippen molar-refractivity contribution in [2.75, 3.05) is 0 Å². The molecule has 8 heteroatoms. The Morgan fingerprint density at radius 1 is 0.846 bits per heavy atom. The summed E-state index contributed by atoms with van der Waals surface area (Å²) in [6.07, 6.45) is 0.222. The third kappa shape index (κ3) is 13.8. The van der Waals surface area contributed by atoms with Crippen molar-refractivity contribution >= 4 is 53.3 Å². The summed E-state index contributed by atoms with van der Waals surface area (Å²) in [5.74, 6) is -1.32. The Morgan fingerprint density at radius 3 is 1.54 bits per heavy atom. The summed E-state index contributed by atoms with van der Waals surface area (Å²) in [7, 11) is 0. The quantitative estimate of drug-likeness (QED) is 0.419. The topological polar surface area (TPSA) is 121 Å². The number of carboxylic acid groups (broad SMARTS) is 2. The van der Waals surface area contributed by atoms with Crippen LogP contribution in [0.4, 0.5) is 0 Å². The van der Waals surface area contributed by atoms with Crippen LogP contribution in [0.1, 0.15) is 26.7 Å². The molecule has 0 amide bonds. The van der Waals surface area contributed by atoms with Gasteiger partial charge in [0.15, 0.2) is 0 Å². The number of carbonyl (C=O) groups excluding carboxylic acids is 2. The van der Waals surface area contributed by atoms with Crippen molar-refractivity contribution in [3.63, 3.8) is 0 Å². The van der Waals surface area contributed by atoms with Crippen molar-refractivity contribution in [2.45, 2.75) is 26.7 Å². The van der Waals surface area contributed by atoms with E-state index < -0.39 is 11.9 Å². The number of benzene rings is 2. The van der Waals surface area contributed by atoms with Gasteiger partial charge in [0.2, 0.25) is 0 Å². The molecule has 0 bridgehead atoms. The molecule has 0 saturated carbocycles. The fraction of sp³-hybridized carbons (Fsp3) is 0.222. The number of hydrogen-bond donors (Lipinski definition) is 2. The Labute approximate surface area is 169 Å². The first-order valence-electron chi connectivity index (χ1n) is 7.60. The zero-order valence-electron chi connectivity index (χ0n) is 14.4. The number of phenols is 2. The molecule has 0 unspecified atom stereocenters. The minimum absolute atomic E-state index is 0.111. The summed E-state index contributed by atoms with van der Waals surface area (Å²) >= 11 is -0.239. The molecule has 2 aromatic carbocycles. The molecule has 0 aromatic heterocycles. The van der Waals surface area contributed by atoms with Crippen LogP contribution in [0.25, 0.3) is 0 Å². The summed E-state index contributed by atoms with van der Waals surface area (Å²) in [6, 6.07) is 15.1. The molecule has 2 N–H and O–H groups in total. The number of aliphatic carboxylic acids is 2. The molecule has 6 nitrogen and oxygen atoms in total. The van der Waals surface area contributed by atoms with Crippen LogP contribution in [0.15, 0.2) is 48.5 Å². The van der Waals surface area contributed by atoms with Crippen LogP contribution in [-0.2, 0) is 9.59 Å². The van der Waals surface area contributed by atoms with Crippen LogP contribution in [0.2, 0.25) is 0 Å². The normalized spacial score (nSPS) is 9.15. The Balaban J connectivity index is 0.000000520. The predicted molar refractivity (Wildman–Crippen MR) is 97.6 cm³/mol. The standard InChI is InChI=1S/C12H10O2Te2.2C3H6O2/c13-9-1-5-11(6-2-9)15-16-12-7-3-10(14)4-8-12;2*1-2-3(4)5/h1-8,13-14H;2*2H2,1H3,(H,4,5)/q+2;;/p-2. The molecule has 0 aliphatic heterocycles. The van der Waals surface area contributed by atoms with E-state index in [1.54, 1.807) is 24.3 Å². The monoisotopic (exact) mass is 592 g/mol. The zero-order chi connectivity index (χ0) is 19.9. The van der Waals surface area contributed by atoms with Gasteiger partial charge < -0.3 is 19.8 Å². The molecule has 0 aliphatic rings. The van der Waals surface area contributed by atoms with Crippen LogP contribution in [0, 0.1) is 0 Å². The maximum atomic E-state index is 9.26. The maximum absolute atomic E-state index is 9.26. The van der Waals surface area contributed by atoms with E-state index in [0.717, 1.165) is 0 Å². The van der Waals surface area contributed by atoms with Gasteiger partial charge in [-0.2, -0.15) is 0 Å². The number of aromatic hydroxyl groups is 2. The van der Waals surface area contributed by atoms with Gasteiger partial charge in [-0.15, -0.1) is 0 Å². The van der Waals surface area contributed by atoms with Crippen molar-refractivity contribution < 1.29 is 30.0 Å². The molecule has 0 saturated heterocycles. The summed E-state index contributed by atoms with van der Waals surface area (Å²) in [5, 5.41) is 36.9. The van der Waals surface area contributed by atoms with Gasteiger partial charge in [0.1, 0.15) is 0 Å². The van der Waals surface area contributed by atoms with E-state index in [4.69, 9.17) is 10.2 Å². The molecule has 2 aromatic rings. The second-order valence-electron chi connectivity index (χ2n) is 4.61. The summed E-state index contributed by atoms with van der Waals surface area (Å²) < 4.78 is 2.78. The zero-order valence-corrected chi connectivity index (χ0v) is 19.0. The third-order valence-corrected chi connectivity index (χ3v) is 14.3. The average Bonchev–Trinajstić information content (AvgIpc) is 2.63. The first kappa shape index (κ1) is 24.6. The van der Waals surface area contributed by atoms with E-state index in [1.807, 2.05) is 24.3 Å². The fourth-order valence-corrected chi connectivity index (χ4v) is 11.0. The molecule has 26 heavy (non-hydrogen) atoms. The van der Waals surface area contributed by atoms with Crippen LogP contribution < -0.4 is 17.4 Å². The third-order valence-electron chi connectivity index (χ3n) is 2.48. The second kappa shape index (κ2) is 14.7. The van der Waals surface area contributed by atoms with Gasteiger partial charge in [-0.25, -0.2) is 0 Å². The van der Waals surface area contributed by atoms with Crippen LogP contribution in [-0.4, -0.2) is 56.3 Å². The van der Waals surface area contributed by atoms with Gasteiger partial charge in [-0.05, 0) is 12.8 Å². The molecule has 2 radical (unpaired) electrons. The van der Waals surface area contributed by atoms with E-state index in [2.05, 4.69) is 0 Å². The average molecular weight is 588 g/mol. The van der Waals surface area contributed by atoms with E-state index >= 15 is 0 Å². The van der Waals surface area contributed by atoms with E-state index in [-0.39, 0.29) is 47.0 Å². The molecule has 0 aliphatic carbocycles. The van der Waals surface area contributed by atoms with Gasteiger partial charge >= 0.3 is 112 Å². The van der Waals surface area contributed by atoms with Crippen molar-refractivity contribution in [1.82, 2.24) is 0 Å². The number of rotatable bonds is 5. The molecule has 0 heterocycles. The molecule has 0 fully saturated rings. The van der Waals surface area contributed by atoms with E-state index in [1.165, 1.54) is 21.1 Å². The second-order valence-corrected chi connectivity index (χ2v) is 14.6. The van der Waals surface area contributed by atoms with Gasteiger partial charge in [-0.1, -0.05) is 13.8 Å². The van der Waals surface area contributed by atoms with E-state index in [0.29, 0.717) is 11.5 Å². The summed E-state index contributed by atoms with van der Waals surface area (Å²) in [5.41, 5.74) is 0. The Kier molecular flexibility index (Phi) is 13.9. The van der Waals surface area contributed by atoms with Crippen LogP contribution in [0.5, 0.6) is 11.5 Å². The first-order valence-corrected chi connectivity index (χ1v) is 17.3. The number of carbonyl (C=O) groups is 2. The first-order chi connectivity index (χ1) is 12.3. The number of hydrogen-bond acceptors (Lipinski definition) is 6. The van der Waals surface area contributed by atoms with Crippen LogP contribution in [0.3, 0.4) is 0 Å². The molecule has 140 valence electrons. The molecular formula is C18H20O6Te2. The summed E-state index contributed by atoms with van der Waals surface area (Å²) in [4.78, 5) is 18.5. The van der Waals surface area contributed by atoms with Gasteiger partial charge in [0, 0.05) is 11.9 Å². The Bertz CT molecular complexity index is 597. The van der Waals surface area contributed by atoms with Crippen molar-refractivity contribution in [3.05, 3.63) is 48.5 Å². The van der Waals surface area contributed by atoms with Crippen molar-refractivity contribution in [1.29, 1.82) is 0 Å². The molecule has 0 atom stereocenters. The number of phenolic OH excluding ortho intramolecular Hbond substituents is 2. The minimum atomic E-state index is -0.995. The van der Waals surface area contributed by atoms with Gasteiger partial charge in [-0.3, -0.25) is 0 Å². The Morgan fingerprint density at radius 2 is 1.19 bits per heavy atom. The van der Waals surface area contributed by atoms with Gasteiger partial charge in [0.25, 0.3) is 0 Å². The van der Waals surface area contributed by atoms with E-state index in [9.17, 15) is 19.8 Å². The fourth-order valence-electron chi connectivity index (χ4n) is 1.10. The predicted octanol–water partition coefficient (Wildman–Crippen LogP) is -1.34. The molecular weight excluding hydrogens is 567 g/mol. The molecule has 2 rings (SSSR count). The van der Waals surface area contributed by atoms with Crippen molar-refractivity contribution in [2.24, 2.45) is 0 Å². The summed E-state index contributed by atoms with van der Waals surface area (Å²) in [6.45, 7) is 3.07. The van der Waals surface area contributed by atoms with Gasteiger partial charge in [0.05, 0.1) is 0 Å². The van der Waals surface area contributed by atoms with Crippen molar-refractivity contribution in [3.8, 4) is 11.5 Å².